The Morgan fingerprint density at radius 2 is 2.06 bits per heavy atom. The highest BCUT2D eigenvalue weighted by molar-refractivity contribution is 9.08. The largest absolute Gasteiger partial charge is 0.444 e. The van der Waals surface area contributed by atoms with Crippen molar-refractivity contribution in [3.63, 3.8) is 0 Å². The number of rotatable bonds is 7. The first-order chi connectivity index (χ1) is 15.4. The number of benzene rings is 1. The fourth-order valence-electron chi connectivity index (χ4n) is 3.67. The minimum Gasteiger partial charge on any atom is -0.444 e. The fraction of sp³-hybridized carbons (Fsp3) is 0.261. The molecule has 1 amide bonds. The van der Waals surface area contributed by atoms with Gasteiger partial charge in [-0.1, -0.05) is 33.6 Å². The van der Waals surface area contributed by atoms with Gasteiger partial charge in [0.25, 0.3) is 5.56 Å². The number of cyclic esters (lactones) is 1. The van der Waals surface area contributed by atoms with Gasteiger partial charge in [-0.05, 0) is 55.3 Å². The number of halogens is 2. The predicted octanol–water partition coefficient (Wildman–Crippen LogP) is 5.74. The highest BCUT2D eigenvalue weighted by Gasteiger charge is 2.32. The Morgan fingerprint density at radius 1 is 1.25 bits per heavy atom. The first kappa shape index (κ1) is 22.8. The van der Waals surface area contributed by atoms with Crippen LogP contribution in [0.4, 0.5) is 10.5 Å². The molecule has 1 aromatic carbocycles. The molecule has 32 heavy (non-hydrogen) atoms. The third kappa shape index (κ3) is 4.67. The number of thiophene rings is 1. The standard InChI is InChI=1S/C23H20BrClN2O4S/c1-14-11-16(4-6-18(14)26-10-2-3-15(12-24)22(26)29)27-13-17(31-23(27)30)5-7-19(28)20-8-9-21(25)32-20/h2-4,6,8-11,17H,5,7,12-13H2,1H3/t17-/m0/s1. The number of pyridine rings is 1. The monoisotopic (exact) mass is 534 g/mol. The molecule has 9 heteroatoms. The topological polar surface area (TPSA) is 68.6 Å². The van der Waals surface area contributed by atoms with Crippen LogP contribution in [0, 0.1) is 6.92 Å². The Hall–Kier alpha value is -2.42. The van der Waals surface area contributed by atoms with Gasteiger partial charge in [0.05, 0.1) is 21.4 Å². The van der Waals surface area contributed by atoms with Gasteiger partial charge in [-0.2, -0.15) is 0 Å². The summed E-state index contributed by atoms with van der Waals surface area (Å²) < 4.78 is 7.65. The van der Waals surface area contributed by atoms with Gasteiger partial charge in [0.15, 0.2) is 5.78 Å². The molecule has 3 heterocycles. The zero-order valence-electron chi connectivity index (χ0n) is 17.2. The summed E-state index contributed by atoms with van der Waals surface area (Å²) in [7, 11) is 0. The summed E-state index contributed by atoms with van der Waals surface area (Å²) >= 11 is 10.5. The molecule has 1 aliphatic heterocycles. The molecular weight excluding hydrogens is 516 g/mol. The Kier molecular flexibility index (Phi) is 6.83. The summed E-state index contributed by atoms with van der Waals surface area (Å²) in [5.74, 6) is -0.00671. The van der Waals surface area contributed by atoms with Crippen molar-refractivity contribution in [3.8, 4) is 5.69 Å². The van der Waals surface area contributed by atoms with Crippen molar-refractivity contribution >= 4 is 56.4 Å². The van der Waals surface area contributed by atoms with Crippen LogP contribution in [0.15, 0.2) is 53.5 Å². The molecule has 2 aromatic heterocycles. The summed E-state index contributed by atoms with van der Waals surface area (Å²) in [5, 5.41) is 0.479. The van der Waals surface area contributed by atoms with Crippen molar-refractivity contribution in [2.45, 2.75) is 31.2 Å². The number of nitrogens with zero attached hydrogens (tertiary/aromatic N) is 2. The molecule has 3 aromatic rings. The van der Waals surface area contributed by atoms with E-state index in [1.54, 1.807) is 39.9 Å². The summed E-state index contributed by atoms with van der Waals surface area (Å²) in [6, 6.07) is 12.5. The molecule has 1 aliphatic rings. The Morgan fingerprint density at radius 3 is 2.75 bits per heavy atom. The van der Waals surface area contributed by atoms with Gasteiger partial charge in [0, 0.05) is 29.2 Å². The van der Waals surface area contributed by atoms with Crippen molar-refractivity contribution in [1.82, 2.24) is 4.57 Å². The Balaban J connectivity index is 1.46. The highest BCUT2D eigenvalue weighted by Crippen LogP contribution is 2.28. The van der Waals surface area contributed by atoms with Gasteiger partial charge in [-0.25, -0.2) is 4.79 Å². The predicted molar refractivity (Wildman–Crippen MR) is 130 cm³/mol. The molecule has 0 unspecified atom stereocenters. The number of alkyl halides is 1. The lowest BCUT2D eigenvalue weighted by Gasteiger charge is -2.16. The van der Waals surface area contributed by atoms with Crippen molar-refractivity contribution in [3.05, 3.63) is 79.4 Å². The molecule has 0 spiro atoms. The van der Waals surface area contributed by atoms with E-state index in [-0.39, 0.29) is 23.9 Å². The first-order valence-electron chi connectivity index (χ1n) is 10.0. The lowest BCUT2D eigenvalue weighted by molar-refractivity contribution is 0.0943. The van der Waals surface area contributed by atoms with E-state index in [9.17, 15) is 14.4 Å². The van der Waals surface area contributed by atoms with Crippen LogP contribution in [0.5, 0.6) is 0 Å². The van der Waals surface area contributed by atoms with E-state index < -0.39 is 6.09 Å². The van der Waals surface area contributed by atoms with E-state index in [1.807, 2.05) is 25.1 Å². The second-order valence-corrected chi connectivity index (χ2v) is 9.77. The van der Waals surface area contributed by atoms with Crippen LogP contribution >= 0.6 is 38.9 Å². The molecule has 6 nitrogen and oxygen atoms in total. The molecule has 0 bridgehead atoms. The number of ketones is 1. The van der Waals surface area contributed by atoms with Gasteiger partial charge < -0.3 is 4.74 Å². The van der Waals surface area contributed by atoms with E-state index in [1.165, 1.54) is 11.3 Å². The van der Waals surface area contributed by atoms with Crippen LogP contribution in [0.3, 0.4) is 0 Å². The van der Waals surface area contributed by atoms with Crippen LogP contribution in [0.25, 0.3) is 5.69 Å². The van der Waals surface area contributed by atoms with Gasteiger partial charge in [-0.15, -0.1) is 11.3 Å². The maximum absolute atomic E-state index is 12.6. The lowest BCUT2D eigenvalue weighted by atomic mass is 10.1. The molecule has 0 N–H and O–H groups in total. The first-order valence-corrected chi connectivity index (χ1v) is 12.3. The fourth-order valence-corrected chi connectivity index (χ4v) is 5.11. The Bertz CT molecular complexity index is 1240. The number of carbonyl (C=O) groups is 2. The molecule has 0 aliphatic carbocycles. The highest BCUT2D eigenvalue weighted by atomic mass is 79.9. The summed E-state index contributed by atoms with van der Waals surface area (Å²) in [6.07, 6.45) is 1.66. The number of anilines is 1. The smallest absolute Gasteiger partial charge is 0.414 e. The number of aryl methyl sites for hydroxylation is 1. The minimum absolute atomic E-state index is 0.00671. The van der Waals surface area contributed by atoms with Crippen LogP contribution in [0.1, 0.15) is 33.6 Å². The molecule has 4 rings (SSSR count). The third-order valence-electron chi connectivity index (χ3n) is 5.34. The molecule has 1 saturated heterocycles. The van der Waals surface area contributed by atoms with Crippen LogP contribution in [0.2, 0.25) is 4.34 Å². The van der Waals surface area contributed by atoms with E-state index in [2.05, 4.69) is 15.9 Å². The van der Waals surface area contributed by atoms with Crippen molar-refractivity contribution in [2.24, 2.45) is 0 Å². The molecule has 0 radical (unpaired) electrons. The second kappa shape index (κ2) is 9.60. The second-order valence-electron chi connectivity index (χ2n) is 7.49. The van der Waals surface area contributed by atoms with Crippen LogP contribution < -0.4 is 10.5 Å². The number of hydrogen-bond acceptors (Lipinski definition) is 5. The van der Waals surface area contributed by atoms with Crippen molar-refractivity contribution in [1.29, 1.82) is 0 Å². The van der Waals surface area contributed by atoms with E-state index >= 15 is 0 Å². The maximum Gasteiger partial charge on any atom is 0.414 e. The number of hydrogen-bond donors (Lipinski definition) is 0. The number of Topliss-reactive ketones (excluding diaryl/α,β-unsaturated/α-hetero) is 1. The van der Waals surface area contributed by atoms with Gasteiger partial charge in [0.1, 0.15) is 6.10 Å². The van der Waals surface area contributed by atoms with Gasteiger partial charge >= 0.3 is 6.09 Å². The summed E-state index contributed by atoms with van der Waals surface area (Å²) in [6.45, 7) is 2.27. The summed E-state index contributed by atoms with van der Waals surface area (Å²) in [4.78, 5) is 39.6. The van der Waals surface area contributed by atoms with E-state index in [0.717, 1.165) is 11.3 Å². The number of carbonyl (C=O) groups excluding carboxylic acids is 2. The van der Waals surface area contributed by atoms with E-state index in [0.29, 0.717) is 38.8 Å². The average molecular weight is 536 g/mol. The SMILES string of the molecule is Cc1cc(N2C[C@H](CCC(=O)c3ccc(Cl)s3)OC2=O)ccc1-n1cccc(CBr)c1=O. The lowest BCUT2D eigenvalue weighted by Crippen LogP contribution is -2.25. The molecule has 1 atom stereocenters. The number of aromatic nitrogens is 1. The van der Waals surface area contributed by atoms with Gasteiger partial charge in [-0.3, -0.25) is 19.1 Å². The van der Waals surface area contributed by atoms with Crippen molar-refractivity contribution < 1.29 is 14.3 Å². The molecular formula is C23H20BrClN2O4S. The van der Waals surface area contributed by atoms with Crippen LogP contribution in [-0.2, 0) is 10.1 Å². The Labute approximate surface area is 202 Å². The molecule has 1 fully saturated rings. The summed E-state index contributed by atoms with van der Waals surface area (Å²) in [5.41, 5.74) is 2.89. The zero-order valence-corrected chi connectivity index (χ0v) is 20.4. The van der Waals surface area contributed by atoms with Gasteiger partial charge in [0.2, 0.25) is 0 Å². The van der Waals surface area contributed by atoms with Crippen LogP contribution in [-0.4, -0.2) is 29.1 Å². The van der Waals surface area contributed by atoms with E-state index in [4.69, 9.17) is 16.3 Å². The quantitative estimate of drug-likeness (QED) is 0.286. The van der Waals surface area contributed by atoms with Crippen molar-refractivity contribution in [2.75, 3.05) is 11.4 Å². The minimum atomic E-state index is -0.438. The average Bonchev–Trinajstić information content (AvgIpc) is 3.38. The molecule has 0 saturated carbocycles. The molecule has 166 valence electrons. The number of ether oxygens (including phenoxy) is 1. The zero-order chi connectivity index (χ0) is 22.8. The number of amides is 1. The maximum atomic E-state index is 12.6. The normalized spacial score (nSPS) is 15.8. The third-order valence-corrected chi connectivity index (χ3v) is 7.21.